The van der Waals surface area contributed by atoms with Crippen LogP contribution < -0.4 is 10.2 Å². The number of para-hydroxylation sites is 1. The Balaban J connectivity index is 1.63. The second-order valence-corrected chi connectivity index (χ2v) is 6.35. The molecule has 6 heteroatoms. The van der Waals surface area contributed by atoms with Gasteiger partial charge in [0, 0.05) is 22.2 Å². The van der Waals surface area contributed by atoms with Gasteiger partial charge in [0.15, 0.2) is 0 Å². The third-order valence-corrected chi connectivity index (χ3v) is 4.07. The van der Waals surface area contributed by atoms with Gasteiger partial charge in [-0.05, 0) is 48.0 Å². The maximum absolute atomic E-state index is 12.1. The van der Waals surface area contributed by atoms with Crippen LogP contribution >= 0.6 is 11.6 Å². The van der Waals surface area contributed by atoms with Gasteiger partial charge in [-0.2, -0.15) is 5.10 Å². The molecule has 0 bridgehead atoms. The predicted molar refractivity (Wildman–Crippen MR) is 114 cm³/mol. The number of nitrogens with one attached hydrogen (secondary N) is 1. The highest BCUT2D eigenvalue weighted by Gasteiger charge is 2.06. The van der Waals surface area contributed by atoms with Crippen molar-refractivity contribution >= 4 is 35.8 Å². The number of hydrazone groups is 1. The molecule has 0 fully saturated rings. The van der Waals surface area contributed by atoms with Crippen LogP contribution in [0.5, 0.6) is 5.75 Å². The van der Waals surface area contributed by atoms with Crippen molar-refractivity contribution in [2.24, 2.45) is 5.10 Å². The van der Waals surface area contributed by atoms with Gasteiger partial charge < -0.3 is 4.74 Å². The van der Waals surface area contributed by atoms with E-state index in [1.807, 2.05) is 30.3 Å². The fourth-order valence-corrected chi connectivity index (χ4v) is 2.50. The van der Waals surface area contributed by atoms with Crippen LogP contribution in [0.15, 0.2) is 90.0 Å². The summed E-state index contributed by atoms with van der Waals surface area (Å²) in [5, 5.41) is 4.48. The average Bonchev–Trinajstić information content (AvgIpc) is 2.74. The second kappa shape index (κ2) is 10.0. The van der Waals surface area contributed by atoms with Crippen molar-refractivity contribution in [2.75, 3.05) is 0 Å². The van der Waals surface area contributed by atoms with Crippen molar-refractivity contribution in [3.63, 3.8) is 0 Å². The quantitative estimate of drug-likeness (QED) is 0.212. The van der Waals surface area contributed by atoms with Crippen molar-refractivity contribution in [2.45, 2.75) is 0 Å². The first-order chi connectivity index (χ1) is 14.1. The number of carbonyl (C=O) groups excluding carboxylic acids is 2. The predicted octanol–water partition coefficient (Wildman–Crippen LogP) is 4.72. The van der Waals surface area contributed by atoms with Crippen LogP contribution in [0.3, 0.4) is 0 Å². The van der Waals surface area contributed by atoms with Gasteiger partial charge in [0.1, 0.15) is 5.75 Å². The Hall–Kier alpha value is -3.70. The zero-order valence-electron chi connectivity index (χ0n) is 15.3. The SMILES string of the molecule is O=C(/C=C/c1ccccc1)Oc1ccccc1/C=N\NC(=O)c1ccc(Cl)cc1. The van der Waals surface area contributed by atoms with E-state index in [4.69, 9.17) is 16.3 Å². The summed E-state index contributed by atoms with van der Waals surface area (Å²) in [5.74, 6) is -0.558. The molecule has 0 aromatic heterocycles. The lowest BCUT2D eigenvalue weighted by molar-refractivity contribution is -0.128. The fraction of sp³-hybridized carbons (Fsp3) is 0. The topological polar surface area (TPSA) is 67.8 Å². The molecule has 1 N–H and O–H groups in total. The highest BCUT2D eigenvalue weighted by atomic mass is 35.5. The van der Waals surface area contributed by atoms with Crippen LogP contribution in [0.25, 0.3) is 6.08 Å². The molecule has 1 amide bonds. The van der Waals surface area contributed by atoms with Crippen molar-refractivity contribution in [1.29, 1.82) is 0 Å². The standard InChI is InChI=1S/C23H17ClN2O3/c24-20-13-11-18(12-14-20)23(28)26-25-16-19-8-4-5-9-21(19)29-22(27)15-10-17-6-2-1-3-7-17/h1-16H,(H,26,28)/b15-10+,25-16-. The minimum Gasteiger partial charge on any atom is -0.423 e. The lowest BCUT2D eigenvalue weighted by atomic mass is 10.2. The first-order valence-corrected chi connectivity index (χ1v) is 9.12. The van der Waals surface area contributed by atoms with E-state index >= 15 is 0 Å². The average molecular weight is 405 g/mol. The zero-order chi connectivity index (χ0) is 20.5. The first kappa shape index (κ1) is 20.0. The molecular weight excluding hydrogens is 388 g/mol. The highest BCUT2D eigenvalue weighted by Crippen LogP contribution is 2.16. The van der Waals surface area contributed by atoms with Gasteiger partial charge in [-0.3, -0.25) is 4.79 Å². The monoisotopic (exact) mass is 404 g/mol. The van der Waals surface area contributed by atoms with Gasteiger partial charge in [-0.25, -0.2) is 10.2 Å². The van der Waals surface area contributed by atoms with Crippen molar-refractivity contribution in [3.05, 3.63) is 107 Å². The van der Waals surface area contributed by atoms with Gasteiger partial charge >= 0.3 is 5.97 Å². The smallest absolute Gasteiger partial charge is 0.336 e. The van der Waals surface area contributed by atoms with Crippen LogP contribution in [0.2, 0.25) is 5.02 Å². The highest BCUT2D eigenvalue weighted by molar-refractivity contribution is 6.30. The minimum atomic E-state index is -0.514. The Labute approximate surface area is 173 Å². The van der Waals surface area contributed by atoms with E-state index in [9.17, 15) is 9.59 Å². The third kappa shape index (κ3) is 6.16. The van der Waals surface area contributed by atoms with Crippen LogP contribution in [0.4, 0.5) is 0 Å². The molecule has 144 valence electrons. The lowest BCUT2D eigenvalue weighted by Gasteiger charge is -2.05. The number of halogens is 1. The van der Waals surface area contributed by atoms with Gasteiger partial charge in [-0.15, -0.1) is 0 Å². The van der Waals surface area contributed by atoms with E-state index in [1.165, 1.54) is 12.3 Å². The molecule has 0 atom stereocenters. The molecule has 0 aliphatic heterocycles. The molecule has 0 saturated carbocycles. The molecule has 3 aromatic rings. The second-order valence-electron chi connectivity index (χ2n) is 5.91. The van der Waals surface area contributed by atoms with Gasteiger partial charge in [0.2, 0.25) is 0 Å². The molecule has 0 aliphatic carbocycles. The van der Waals surface area contributed by atoms with E-state index in [2.05, 4.69) is 10.5 Å². The van der Waals surface area contributed by atoms with Crippen LogP contribution in [-0.4, -0.2) is 18.1 Å². The van der Waals surface area contributed by atoms with E-state index in [0.29, 0.717) is 21.9 Å². The maximum atomic E-state index is 12.1. The molecule has 0 saturated heterocycles. The number of nitrogens with zero attached hydrogens (tertiary/aromatic N) is 1. The molecular formula is C23H17ClN2O3. The number of rotatable bonds is 6. The molecule has 0 spiro atoms. The van der Waals surface area contributed by atoms with Gasteiger partial charge in [0.25, 0.3) is 5.91 Å². The Morgan fingerprint density at radius 1 is 0.897 bits per heavy atom. The molecule has 29 heavy (non-hydrogen) atoms. The van der Waals surface area contributed by atoms with Crippen LogP contribution in [0, 0.1) is 0 Å². The Morgan fingerprint density at radius 3 is 2.34 bits per heavy atom. The number of carbonyl (C=O) groups is 2. The summed E-state index contributed by atoms with van der Waals surface area (Å²) in [4.78, 5) is 24.2. The first-order valence-electron chi connectivity index (χ1n) is 8.75. The fourth-order valence-electron chi connectivity index (χ4n) is 2.38. The van der Waals surface area contributed by atoms with Crippen LogP contribution in [0.1, 0.15) is 21.5 Å². The maximum Gasteiger partial charge on any atom is 0.336 e. The molecule has 0 heterocycles. The summed E-state index contributed by atoms with van der Waals surface area (Å²) in [6.07, 6.45) is 4.44. The zero-order valence-corrected chi connectivity index (χ0v) is 16.0. The molecule has 0 unspecified atom stereocenters. The summed E-state index contributed by atoms with van der Waals surface area (Å²) in [5.41, 5.74) is 4.29. The summed E-state index contributed by atoms with van der Waals surface area (Å²) < 4.78 is 5.38. The third-order valence-electron chi connectivity index (χ3n) is 3.82. The molecule has 0 aliphatic rings. The Kier molecular flexibility index (Phi) is 6.92. The molecule has 3 aromatic carbocycles. The van der Waals surface area contributed by atoms with E-state index < -0.39 is 5.97 Å². The number of amides is 1. The summed E-state index contributed by atoms with van der Waals surface area (Å²) in [6.45, 7) is 0. The van der Waals surface area contributed by atoms with Crippen molar-refractivity contribution in [3.8, 4) is 5.75 Å². The summed E-state index contributed by atoms with van der Waals surface area (Å²) in [7, 11) is 0. The number of hydrogen-bond acceptors (Lipinski definition) is 4. The van der Waals surface area contributed by atoms with E-state index in [-0.39, 0.29) is 5.91 Å². The molecule has 3 rings (SSSR count). The van der Waals surface area contributed by atoms with E-state index in [0.717, 1.165) is 5.56 Å². The van der Waals surface area contributed by atoms with Gasteiger partial charge in [0.05, 0.1) is 6.21 Å². The largest absolute Gasteiger partial charge is 0.423 e. The Morgan fingerprint density at radius 2 is 1.59 bits per heavy atom. The number of esters is 1. The summed E-state index contributed by atoms with van der Waals surface area (Å²) >= 11 is 5.81. The minimum absolute atomic E-state index is 0.333. The Bertz CT molecular complexity index is 1050. The number of benzene rings is 3. The lowest BCUT2D eigenvalue weighted by Crippen LogP contribution is -2.17. The van der Waals surface area contributed by atoms with Crippen molar-refractivity contribution < 1.29 is 14.3 Å². The van der Waals surface area contributed by atoms with E-state index in [1.54, 1.807) is 54.6 Å². The normalized spacial score (nSPS) is 10.9. The van der Waals surface area contributed by atoms with Gasteiger partial charge in [-0.1, -0.05) is 54.1 Å². The molecule has 5 nitrogen and oxygen atoms in total. The van der Waals surface area contributed by atoms with Crippen molar-refractivity contribution in [1.82, 2.24) is 5.43 Å². The molecule has 0 radical (unpaired) electrons. The number of hydrogen-bond donors (Lipinski definition) is 1. The number of ether oxygens (including phenoxy) is 1. The van der Waals surface area contributed by atoms with Crippen LogP contribution in [-0.2, 0) is 4.79 Å². The summed E-state index contributed by atoms with van der Waals surface area (Å²) in [6, 6.07) is 22.8.